The highest BCUT2D eigenvalue weighted by atomic mass is 16.5. The van der Waals surface area contributed by atoms with E-state index in [0.717, 1.165) is 46.1 Å². The van der Waals surface area contributed by atoms with Crippen LogP contribution in [0.2, 0.25) is 0 Å². The lowest BCUT2D eigenvalue weighted by molar-refractivity contribution is 0.0200. The molecule has 17 heavy (non-hydrogen) atoms. The molecule has 0 unspecified atom stereocenters. The quantitative estimate of drug-likeness (QED) is 0.551. The van der Waals surface area contributed by atoms with Crippen molar-refractivity contribution in [3.05, 3.63) is 0 Å². The van der Waals surface area contributed by atoms with E-state index in [0.29, 0.717) is 0 Å². The maximum Gasteiger partial charge on any atom is 0.0594 e. The minimum Gasteiger partial charge on any atom is -0.380 e. The van der Waals surface area contributed by atoms with Crippen LogP contribution in [0, 0.1) is 0 Å². The van der Waals surface area contributed by atoms with Gasteiger partial charge in [-0.25, -0.2) is 0 Å². The molecular weight excluding hydrogens is 214 g/mol. The van der Waals surface area contributed by atoms with Gasteiger partial charge in [0.2, 0.25) is 0 Å². The summed E-state index contributed by atoms with van der Waals surface area (Å²) in [6.07, 6.45) is 8.04. The molecule has 0 aromatic heterocycles. The molecule has 0 aromatic carbocycles. The first-order chi connectivity index (χ1) is 8.43. The first-order valence-corrected chi connectivity index (χ1v) is 7.31. The maximum absolute atomic E-state index is 5.66. The molecule has 0 bridgehead atoms. The van der Waals surface area contributed by atoms with Gasteiger partial charge in [0.1, 0.15) is 0 Å². The normalized spacial score (nSPS) is 17.5. The van der Waals surface area contributed by atoms with Gasteiger partial charge in [-0.3, -0.25) is 4.90 Å². The Labute approximate surface area is 106 Å². The summed E-state index contributed by atoms with van der Waals surface area (Å²) in [7, 11) is 0. The van der Waals surface area contributed by atoms with Crippen molar-refractivity contribution in [2.45, 2.75) is 45.4 Å². The second-order valence-electron chi connectivity index (χ2n) is 4.83. The molecule has 1 fully saturated rings. The molecule has 0 aromatic rings. The molecule has 0 N–H and O–H groups in total. The number of hydrogen-bond donors (Lipinski definition) is 0. The van der Waals surface area contributed by atoms with Crippen molar-refractivity contribution >= 4 is 0 Å². The van der Waals surface area contributed by atoms with Gasteiger partial charge < -0.3 is 9.47 Å². The number of unbranched alkanes of at least 4 members (excludes halogenated alkanes) is 5. The topological polar surface area (TPSA) is 21.7 Å². The zero-order valence-corrected chi connectivity index (χ0v) is 11.5. The fourth-order valence-electron chi connectivity index (χ4n) is 2.10. The van der Waals surface area contributed by atoms with Crippen molar-refractivity contribution in [2.24, 2.45) is 0 Å². The summed E-state index contributed by atoms with van der Waals surface area (Å²) in [5.41, 5.74) is 0. The largest absolute Gasteiger partial charge is 0.380 e. The van der Waals surface area contributed by atoms with Crippen LogP contribution in [0.25, 0.3) is 0 Å². The summed E-state index contributed by atoms with van der Waals surface area (Å²) < 4.78 is 11.0. The maximum atomic E-state index is 5.66. The Kier molecular flexibility index (Phi) is 9.66. The van der Waals surface area contributed by atoms with E-state index in [-0.39, 0.29) is 0 Å². The number of ether oxygens (including phenoxy) is 2. The molecule has 102 valence electrons. The van der Waals surface area contributed by atoms with E-state index < -0.39 is 0 Å². The third-order valence-corrected chi connectivity index (χ3v) is 3.30. The molecule has 0 amide bonds. The Morgan fingerprint density at radius 2 is 1.65 bits per heavy atom. The molecule has 0 aliphatic carbocycles. The number of hydrogen-bond acceptors (Lipinski definition) is 3. The van der Waals surface area contributed by atoms with Crippen LogP contribution in [0.1, 0.15) is 45.4 Å². The Hall–Kier alpha value is -0.120. The van der Waals surface area contributed by atoms with Crippen LogP contribution in [0.5, 0.6) is 0 Å². The lowest BCUT2D eigenvalue weighted by atomic mass is 10.1. The van der Waals surface area contributed by atoms with Gasteiger partial charge in [0, 0.05) is 26.2 Å². The lowest BCUT2D eigenvalue weighted by Crippen LogP contribution is -2.38. The van der Waals surface area contributed by atoms with E-state index in [9.17, 15) is 0 Å². The third-order valence-electron chi connectivity index (χ3n) is 3.30. The summed E-state index contributed by atoms with van der Waals surface area (Å²) in [6.45, 7) is 9.06. The number of nitrogens with zero attached hydrogens (tertiary/aromatic N) is 1. The molecule has 3 heteroatoms. The lowest BCUT2D eigenvalue weighted by Gasteiger charge is -2.26. The van der Waals surface area contributed by atoms with Crippen LogP contribution in [0.15, 0.2) is 0 Å². The van der Waals surface area contributed by atoms with Gasteiger partial charge in [-0.05, 0) is 6.42 Å². The minimum atomic E-state index is 0.884. The van der Waals surface area contributed by atoms with Crippen LogP contribution in [-0.4, -0.2) is 51.0 Å². The Balaban J connectivity index is 1.75. The van der Waals surface area contributed by atoms with Gasteiger partial charge in [0.05, 0.1) is 19.8 Å². The zero-order chi connectivity index (χ0) is 12.2. The van der Waals surface area contributed by atoms with Crippen LogP contribution >= 0.6 is 0 Å². The highest BCUT2D eigenvalue weighted by Crippen LogP contribution is 2.05. The van der Waals surface area contributed by atoms with Crippen molar-refractivity contribution < 1.29 is 9.47 Å². The van der Waals surface area contributed by atoms with Crippen molar-refractivity contribution in [1.29, 1.82) is 0 Å². The average Bonchev–Trinajstić information content (AvgIpc) is 2.38. The van der Waals surface area contributed by atoms with E-state index in [1.165, 1.54) is 38.5 Å². The minimum absolute atomic E-state index is 0.884. The molecule has 3 nitrogen and oxygen atoms in total. The first-order valence-electron chi connectivity index (χ1n) is 7.31. The summed E-state index contributed by atoms with van der Waals surface area (Å²) in [5, 5.41) is 0. The van der Waals surface area contributed by atoms with Gasteiger partial charge in [0.25, 0.3) is 0 Å². The van der Waals surface area contributed by atoms with E-state index in [1.54, 1.807) is 0 Å². The van der Waals surface area contributed by atoms with Gasteiger partial charge in [-0.1, -0.05) is 39.0 Å². The van der Waals surface area contributed by atoms with Crippen molar-refractivity contribution in [3.8, 4) is 0 Å². The molecule has 1 aliphatic rings. The highest BCUT2D eigenvalue weighted by molar-refractivity contribution is 4.60. The van der Waals surface area contributed by atoms with E-state index in [1.807, 2.05) is 0 Å². The smallest absolute Gasteiger partial charge is 0.0594 e. The summed E-state index contributed by atoms with van der Waals surface area (Å²) in [4.78, 5) is 2.42. The second-order valence-corrected chi connectivity index (χ2v) is 4.83. The van der Waals surface area contributed by atoms with Gasteiger partial charge in [-0.2, -0.15) is 0 Å². The van der Waals surface area contributed by atoms with Crippen LogP contribution in [-0.2, 0) is 9.47 Å². The Morgan fingerprint density at radius 3 is 2.41 bits per heavy atom. The Bertz CT molecular complexity index is 158. The summed E-state index contributed by atoms with van der Waals surface area (Å²) in [5.74, 6) is 0. The Morgan fingerprint density at radius 1 is 0.941 bits per heavy atom. The van der Waals surface area contributed by atoms with E-state index in [4.69, 9.17) is 9.47 Å². The predicted molar refractivity (Wildman–Crippen MR) is 71.5 cm³/mol. The van der Waals surface area contributed by atoms with Crippen LogP contribution in [0.4, 0.5) is 0 Å². The number of rotatable bonds is 10. The van der Waals surface area contributed by atoms with Crippen LogP contribution in [0.3, 0.4) is 0 Å². The monoisotopic (exact) mass is 243 g/mol. The molecule has 1 saturated heterocycles. The van der Waals surface area contributed by atoms with Crippen molar-refractivity contribution in [2.75, 3.05) is 46.1 Å². The molecule has 1 heterocycles. The van der Waals surface area contributed by atoms with E-state index in [2.05, 4.69) is 11.8 Å². The molecule has 0 spiro atoms. The highest BCUT2D eigenvalue weighted by Gasteiger charge is 2.08. The van der Waals surface area contributed by atoms with Crippen LogP contribution < -0.4 is 0 Å². The van der Waals surface area contributed by atoms with Crippen molar-refractivity contribution in [3.63, 3.8) is 0 Å². The van der Waals surface area contributed by atoms with Gasteiger partial charge in [-0.15, -0.1) is 0 Å². The summed E-state index contributed by atoms with van der Waals surface area (Å²) >= 11 is 0. The molecule has 0 radical (unpaired) electrons. The first kappa shape index (κ1) is 14.9. The number of morpholine rings is 1. The zero-order valence-electron chi connectivity index (χ0n) is 11.5. The van der Waals surface area contributed by atoms with Gasteiger partial charge in [0.15, 0.2) is 0 Å². The molecule has 1 aliphatic heterocycles. The molecule has 1 rings (SSSR count). The predicted octanol–water partition coefficient (Wildman–Crippen LogP) is 2.70. The third kappa shape index (κ3) is 8.58. The standard InChI is InChI=1S/C14H29NO2/c1-2-3-4-5-6-7-11-16-12-8-15-9-13-17-14-10-15/h2-14H2,1H3. The molecular formula is C14H29NO2. The molecule has 0 atom stereocenters. The van der Waals surface area contributed by atoms with Gasteiger partial charge >= 0.3 is 0 Å². The fraction of sp³-hybridized carbons (Fsp3) is 1.00. The summed E-state index contributed by atoms with van der Waals surface area (Å²) in [6, 6.07) is 0. The fourth-order valence-corrected chi connectivity index (χ4v) is 2.10. The average molecular weight is 243 g/mol. The SMILES string of the molecule is CCCCCCCCOCCN1CCOCC1. The molecule has 0 saturated carbocycles. The van der Waals surface area contributed by atoms with E-state index >= 15 is 0 Å². The second kappa shape index (κ2) is 11.0. The van der Waals surface area contributed by atoms with Crippen molar-refractivity contribution in [1.82, 2.24) is 4.90 Å².